The maximum absolute atomic E-state index is 5.29. The van der Waals surface area contributed by atoms with E-state index in [1.807, 2.05) is 12.1 Å². The Labute approximate surface area is 92.1 Å². The molecule has 0 spiro atoms. The molecule has 1 heterocycles. The van der Waals surface area contributed by atoms with Gasteiger partial charge in [-0.15, -0.1) is 0 Å². The number of hydrogen-bond acceptors (Lipinski definition) is 2. The molecule has 2 heteroatoms. The van der Waals surface area contributed by atoms with Crippen molar-refractivity contribution in [3.8, 4) is 0 Å². The quantitative estimate of drug-likeness (QED) is 0.766. The Morgan fingerprint density at radius 3 is 2.67 bits per heavy atom. The van der Waals surface area contributed by atoms with Crippen LogP contribution in [0.15, 0.2) is 22.8 Å². The van der Waals surface area contributed by atoms with Crippen molar-refractivity contribution < 1.29 is 4.42 Å². The molecule has 1 N–H and O–H groups in total. The van der Waals surface area contributed by atoms with E-state index in [2.05, 4.69) is 5.32 Å². The largest absolute Gasteiger partial charge is 0.468 e. The first-order chi connectivity index (χ1) is 7.45. The van der Waals surface area contributed by atoms with Crippen molar-refractivity contribution in [1.29, 1.82) is 0 Å². The maximum Gasteiger partial charge on any atom is 0.117 e. The topological polar surface area (TPSA) is 25.2 Å². The van der Waals surface area contributed by atoms with Crippen LogP contribution >= 0.6 is 0 Å². The Hall–Kier alpha value is -0.760. The van der Waals surface area contributed by atoms with E-state index in [-0.39, 0.29) is 0 Å². The molecule has 84 valence electrons. The Balaban J connectivity index is 1.64. The highest BCUT2D eigenvalue weighted by Gasteiger charge is 2.11. The Bertz CT molecular complexity index is 248. The van der Waals surface area contributed by atoms with E-state index < -0.39 is 0 Å². The van der Waals surface area contributed by atoms with E-state index in [1.165, 1.54) is 38.5 Å². The zero-order chi connectivity index (χ0) is 10.3. The molecule has 0 atom stereocenters. The molecule has 1 aromatic heterocycles. The van der Waals surface area contributed by atoms with Gasteiger partial charge in [-0.3, -0.25) is 0 Å². The van der Waals surface area contributed by atoms with Gasteiger partial charge in [-0.25, -0.2) is 0 Å². The summed E-state index contributed by atoms with van der Waals surface area (Å²) in [7, 11) is 0. The lowest BCUT2D eigenvalue weighted by Crippen LogP contribution is -2.21. The molecule has 2 nitrogen and oxygen atoms in total. The van der Waals surface area contributed by atoms with Crippen LogP contribution < -0.4 is 5.32 Å². The van der Waals surface area contributed by atoms with Gasteiger partial charge in [0.05, 0.1) is 12.8 Å². The van der Waals surface area contributed by atoms with Gasteiger partial charge in [-0.1, -0.05) is 25.7 Å². The molecule has 0 unspecified atom stereocenters. The van der Waals surface area contributed by atoms with Gasteiger partial charge in [-0.05, 0) is 37.4 Å². The summed E-state index contributed by atoms with van der Waals surface area (Å²) in [5, 5.41) is 3.49. The molecule has 1 aliphatic carbocycles. The second kappa shape index (κ2) is 5.96. The highest BCUT2D eigenvalue weighted by molar-refractivity contribution is 4.97. The smallest absolute Gasteiger partial charge is 0.117 e. The van der Waals surface area contributed by atoms with Gasteiger partial charge in [0.15, 0.2) is 0 Å². The summed E-state index contributed by atoms with van der Waals surface area (Å²) >= 11 is 0. The molecule has 2 rings (SSSR count). The van der Waals surface area contributed by atoms with Gasteiger partial charge in [0.25, 0.3) is 0 Å². The van der Waals surface area contributed by atoms with Crippen LogP contribution in [0.4, 0.5) is 0 Å². The van der Waals surface area contributed by atoms with Crippen LogP contribution in [0, 0.1) is 5.92 Å². The average molecular weight is 207 g/mol. The molecule has 0 amide bonds. The fourth-order valence-corrected chi connectivity index (χ4v) is 2.38. The van der Waals surface area contributed by atoms with Crippen LogP contribution in [-0.4, -0.2) is 6.54 Å². The van der Waals surface area contributed by atoms with E-state index in [0.717, 1.165) is 24.8 Å². The third-order valence-corrected chi connectivity index (χ3v) is 3.29. The zero-order valence-corrected chi connectivity index (χ0v) is 9.37. The number of hydrogen-bond donors (Lipinski definition) is 1. The zero-order valence-electron chi connectivity index (χ0n) is 9.37. The summed E-state index contributed by atoms with van der Waals surface area (Å²) < 4.78 is 5.29. The fraction of sp³-hybridized carbons (Fsp3) is 0.692. The number of nitrogens with one attached hydrogen (secondary N) is 1. The molecule has 0 aliphatic heterocycles. The van der Waals surface area contributed by atoms with Crippen LogP contribution in [0.2, 0.25) is 0 Å². The predicted octanol–water partition coefficient (Wildman–Crippen LogP) is 3.34. The van der Waals surface area contributed by atoms with Gasteiger partial charge in [-0.2, -0.15) is 0 Å². The molecule has 0 aromatic carbocycles. The van der Waals surface area contributed by atoms with Crippen molar-refractivity contribution in [3.63, 3.8) is 0 Å². The SMILES string of the molecule is c1coc(CNCC2CCCCCC2)c1. The van der Waals surface area contributed by atoms with Crippen LogP contribution in [-0.2, 0) is 6.54 Å². The second-order valence-electron chi connectivity index (χ2n) is 4.57. The number of furan rings is 1. The summed E-state index contributed by atoms with van der Waals surface area (Å²) in [4.78, 5) is 0. The molecule has 15 heavy (non-hydrogen) atoms. The molecule has 1 aliphatic rings. The average Bonchev–Trinajstić information content (AvgIpc) is 2.62. The third kappa shape index (κ3) is 3.71. The fourth-order valence-electron chi connectivity index (χ4n) is 2.38. The van der Waals surface area contributed by atoms with Crippen LogP contribution in [0.25, 0.3) is 0 Å². The van der Waals surface area contributed by atoms with E-state index in [1.54, 1.807) is 6.26 Å². The van der Waals surface area contributed by atoms with E-state index >= 15 is 0 Å². The summed E-state index contributed by atoms with van der Waals surface area (Å²) in [6.07, 6.45) is 10.3. The molecule has 0 saturated heterocycles. The third-order valence-electron chi connectivity index (χ3n) is 3.29. The van der Waals surface area contributed by atoms with Crippen molar-refractivity contribution in [1.82, 2.24) is 5.32 Å². The minimum atomic E-state index is 0.878. The normalized spacial score (nSPS) is 18.9. The first kappa shape index (κ1) is 10.7. The maximum atomic E-state index is 5.29. The van der Waals surface area contributed by atoms with E-state index in [0.29, 0.717) is 0 Å². The van der Waals surface area contributed by atoms with Crippen molar-refractivity contribution in [3.05, 3.63) is 24.2 Å². The monoisotopic (exact) mass is 207 g/mol. The van der Waals surface area contributed by atoms with E-state index in [9.17, 15) is 0 Å². The molecule has 0 radical (unpaired) electrons. The van der Waals surface area contributed by atoms with Crippen molar-refractivity contribution in [2.24, 2.45) is 5.92 Å². The molecule has 1 fully saturated rings. The lowest BCUT2D eigenvalue weighted by Gasteiger charge is -2.13. The van der Waals surface area contributed by atoms with Gasteiger partial charge in [0.2, 0.25) is 0 Å². The second-order valence-corrected chi connectivity index (χ2v) is 4.57. The van der Waals surface area contributed by atoms with Crippen LogP contribution in [0.5, 0.6) is 0 Å². The van der Waals surface area contributed by atoms with Crippen molar-refractivity contribution in [2.75, 3.05) is 6.54 Å². The standard InChI is InChI=1S/C13H21NO/c1-2-4-7-12(6-3-1)10-14-11-13-8-5-9-15-13/h5,8-9,12,14H,1-4,6-7,10-11H2. The first-order valence-electron chi connectivity index (χ1n) is 6.18. The summed E-state index contributed by atoms with van der Waals surface area (Å²) in [5.74, 6) is 1.94. The van der Waals surface area contributed by atoms with Crippen molar-refractivity contribution in [2.45, 2.75) is 45.1 Å². The lowest BCUT2D eigenvalue weighted by atomic mass is 10.0. The van der Waals surface area contributed by atoms with Gasteiger partial charge >= 0.3 is 0 Å². The van der Waals surface area contributed by atoms with Crippen molar-refractivity contribution >= 4 is 0 Å². The highest BCUT2D eigenvalue weighted by Crippen LogP contribution is 2.22. The predicted molar refractivity (Wildman–Crippen MR) is 61.6 cm³/mol. The summed E-state index contributed by atoms with van der Waals surface area (Å²) in [5.41, 5.74) is 0. The molecule has 1 saturated carbocycles. The van der Waals surface area contributed by atoms with Gasteiger partial charge in [0.1, 0.15) is 5.76 Å². The summed E-state index contributed by atoms with van der Waals surface area (Å²) in [6, 6.07) is 3.97. The minimum Gasteiger partial charge on any atom is -0.468 e. The Morgan fingerprint density at radius 1 is 1.20 bits per heavy atom. The summed E-state index contributed by atoms with van der Waals surface area (Å²) in [6.45, 7) is 2.03. The Kier molecular flexibility index (Phi) is 4.27. The highest BCUT2D eigenvalue weighted by atomic mass is 16.3. The Morgan fingerprint density at radius 2 is 2.00 bits per heavy atom. The van der Waals surface area contributed by atoms with E-state index in [4.69, 9.17) is 4.42 Å². The lowest BCUT2D eigenvalue weighted by molar-refractivity contribution is 0.406. The van der Waals surface area contributed by atoms with Gasteiger partial charge in [0, 0.05) is 0 Å². The van der Waals surface area contributed by atoms with Crippen LogP contribution in [0.3, 0.4) is 0 Å². The molecular weight excluding hydrogens is 186 g/mol. The minimum absolute atomic E-state index is 0.878. The molecule has 0 bridgehead atoms. The van der Waals surface area contributed by atoms with Gasteiger partial charge < -0.3 is 9.73 Å². The first-order valence-corrected chi connectivity index (χ1v) is 6.18. The molecular formula is C13H21NO. The van der Waals surface area contributed by atoms with Crippen LogP contribution in [0.1, 0.15) is 44.3 Å². The number of rotatable bonds is 4. The molecule has 1 aromatic rings.